The molecule has 2 aliphatic carbocycles. The van der Waals surface area contributed by atoms with Crippen LogP contribution in [0.4, 0.5) is 17.1 Å². The number of hydrogen-bond acceptors (Lipinski definition) is 1. The van der Waals surface area contributed by atoms with Crippen molar-refractivity contribution in [1.82, 2.24) is 0 Å². The third-order valence-electron chi connectivity index (χ3n) is 14.0. The van der Waals surface area contributed by atoms with Gasteiger partial charge in [0.1, 0.15) is 0 Å². The molecule has 0 saturated carbocycles. The molecule has 0 aliphatic heterocycles. The van der Waals surface area contributed by atoms with E-state index in [1.165, 1.54) is 91.7 Å². The molecule has 0 aromatic heterocycles. The highest BCUT2D eigenvalue weighted by Gasteiger charge is 2.46. The summed E-state index contributed by atoms with van der Waals surface area (Å²) in [7, 11) is -2.81. The molecule has 2 heteroatoms. The molecule has 11 rings (SSSR count). The average Bonchev–Trinajstić information content (AvgIpc) is 3.39. The van der Waals surface area contributed by atoms with Crippen molar-refractivity contribution in [3.05, 3.63) is 247 Å². The first-order chi connectivity index (χ1) is 31.8. The van der Waals surface area contributed by atoms with Gasteiger partial charge in [0.05, 0.1) is 5.69 Å². The monoisotopic (exact) mass is 839 g/mol. The van der Waals surface area contributed by atoms with E-state index in [4.69, 9.17) is 0 Å². The second kappa shape index (κ2) is 17.6. The largest absolute Gasteiger partial charge is 0.310 e. The van der Waals surface area contributed by atoms with E-state index < -0.39 is 8.07 Å². The summed E-state index contributed by atoms with van der Waals surface area (Å²) < 4.78 is 0. The van der Waals surface area contributed by atoms with E-state index in [-0.39, 0.29) is 0 Å². The molecule has 64 heavy (non-hydrogen) atoms. The minimum atomic E-state index is -2.81. The highest BCUT2D eigenvalue weighted by atomic mass is 28.3. The van der Waals surface area contributed by atoms with Crippen molar-refractivity contribution in [3.63, 3.8) is 0 Å². The molecule has 0 bridgehead atoms. The van der Waals surface area contributed by atoms with Gasteiger partial charge in [-0.1, -0.05) is 200 Å². The Labute approximate surface area is 380 Å². The van der Waals surface area contributed by atoms with Gasteiger partial charge in [-0.25, -0.2) is 0 Å². The van der Waals surface area contributed by atoms with Gasteiger partial charge in [-0.05, 0) is 152 Å². The van der Waals surface area contributed by atoms with Crippen LogP contribution in [0.5, 0.6) is 0 Å². The lowest BCUT2D eigenvalue weighted by Crippen LogP contribution is -2.76. The summed E-state index contributed by atoms with van der Waals surface area (Å²) in [5.74, 6) is 0. The van der Waals surface area contributed by atoms with Gasteiger partial charge in [0.15, 0.2) is 8.07 Å². The fraction of sp³-hybridized carbons (Fsp3) is 0.129. The predicted octanol–water partition coefficient (Wildman–Crippen LogP) is 13.3. The number of benzene rings is 9. The summed E-state index contributed by atoms with van der Waals surface area (Å²) in [6.45, 7) is 0. The number of hydrogen-bond donors (Lipinski definition) is 0. The van der Waals surface area contributed by atoms with Crippen LogP contribution in [0.1, 0.15) is 47.9 Å². The average molecular weight is 840 g/mol. The second-order valence-electron chi connectivity index (χ2n) is 17.6. The van der Waals surface area contributed by atoms with E-state index in [0.29, 0.717) is 0 Å². The van der Waals surface area contributed by atoms with Crippen LogP contribution in [0.25, 0.3) is 33.4 Å². The van der Waals surface area contributed by atoms with Crippen molar-refractivity contribution in [1.29, 1.82) is 0 Å². The molecule has 0 saturated heterocycles. The molecule has 1 nitrogen and oxygen atoms in total. The van der Waals surface area contributed by atoms with Crippen LogP contribution in [-0.4, -0.2) is 8.07 Å². The van der Waals surface area contributed by atoms with Crippen LogP contribution in [0.2, 0.25) is 0 Å². The molecular weight excluding hydrogens is 787 g/mol. The van der Waals surface area contributed by atoms with Gasteiger partial charge >= 0.3 is 0 Å². The summed E-state index contributed by atoms with van der Waals surface area (Å²) in [6.07, 6.45) is 9.20. The number of nitrogens with zero attached hydrogens (tertiary/aromatic N) is 1. The minimum absolute atomic E-state index is 1.08. The molecule has 9 aromatic rings. The van der Waals surface area contributed by atoms with Crippen molar-refractivity contribution in [2.45, 2.75) is 51.4 Å². The zero-order valence-corrected chi connectivity index (χ0v) is 37.5. The van der Waals surface area contributed by atoms with Gasteiger partial charge < -0.3 is 4.90 Å². The maximum absolute atomic E-state index is 2.81. The van der Waals surface area contributed by atoms with E-state index in [1.807, 2.05) is 0 Å². The highest BCUT2D eigenvalue weighted by Crippen LogP contribution is 2.46. The lowest BCUT2D eigenvalue weighted by atomic mass is 9.80. The van der Waals surface area contributed by atoms with Crippen LogP contribution in [0.15, 0.2) is 224 Å². The van der Waals surface area contributed by atoms with Crippen LogP contribution >= 0.6 is 0 Å². The number of anilines is 3. The van der Waals surface area contributed by atoms with Crippen LogP contribution in [-0.2, 0) is 25.7 Å². The first kappa shape index (κ1) is 39.8. The van der Waals surface area contributed by atoms with Crippen molar-refractivity contribution < 1.29 is 0 Å². The first-order valence-corrected chi connectivity index (χ1v) is 25.4. The molecule has 0 heterocycles. The predicted molar refractivity (Wildman–Crippen MR) is 274 cm³/mol. The standard InChI is InChI=1S/C62H53NSi/c1-6-20-46(21-7-1)48-34-36-49(37-35-48)51-40-44-53(45-41-51)63(52-42-38-50(39-43-52)47-22-8-2-9-23-47)61-57-30-16-18-32-59(57)62(60-33-19-17-31-58(60)61)64(54-24-10-3-11-25-54,55-26-12-4-13-27-55)56-28-14-5-15-29-56/h1-15,20-29,34-45H,16-19,30-33H2. The molecular formula is C62H53NSi. The quantitative estimate of drug-likeness (QED) is 0.0979. The van der Waals surface area contributed by atoms with Gasteiger partial charge in [0, 0.05) is 11.4 Å². The Morgan fingerprint density at radius 2 is 0.531 bits per heavy atom. The second-order valence-corrected chi connectivity index (χ2v) is 21.4. The lowest BCUT2D eigenvalue weighted by Gasteiger charge is -2.43. The van der Waals surface area contributed by atoms with E-state index >= 15 is 0 Å². The van der Waals surface area contributed by atoms with Gasteiger partial charge in [0.25, 0.3) is 0 Å². The van der Waals surface area contributed by atoms with E-state index in [9.17, 15) is 0 Å². The topological polar surface area (TPSA) is 3.24 Å². The van der Waals surface area contributed by atoms with Gasteiger partial charge in [-0.3, -0.25) is 0 Å². The maximum atomic E-state index is 2.66. The zero-order chi connectivity index (χ0) is 42.7. The molecule has 0 amide bonds. The van der Waals surface area contributed by atoms with Gasteiger partial charge in [-0.15, -0.1) is 0 Å². The van der Waals surface area contributed by atoms with Crippen molar-refractivity contribution >= 4 is 45.9 Å². The summed E-state index contributed by atoms with van der Waals surface area (Å²) >= 11 is 0. The molecule has 0 fully saturated rings. The molecule has 310 valence electrons. The maximum Gasteiger partial charge on any atom is 0.180 e. The lowest BCUT2D eigenvalue weighted by molar-refractivity contribution is 0.663. The fourth-order valence-corrected chi connectivity index (χ4v) is 16.5. The van der Waals surface area contributed by atoms with E-state index in [1.54, 1.807) is 27.4 Å². The first-order valence-electron chi connectivity index (χ1n) is 23.4. The van der Waals surface area contributed by atoms with Gasteiger partial charge in [0.2, 0.25) is 0 Å². The third-order valence-corrected chi connectivity index (χ3v) is 19.0. The Morgan fingerprint density at radius 3 is 0.859 bits per heavy atom. The fourth-order valence-electron chi connectivity index (χ4n) is 11.1. The van der Waals surface area contributed by atoms with Crippen molar-refractivity contribution in [3.8, 4) is 33.4 Å². The summed E-state index contributed by atoms with van der Waals surface area (Å²) in [6, 6.07) is 84.2. The smallest absolute Gasteiger partial charge is 0.180 e. The highest BCUT2D eigenvalue weighted by molar-refractivity contribution is 7.20. The number of fused-ring (bicyclic) bond motifs is 2. The summed E-state index contributed by atoms with van der Waals surface area (Å²) in [5, 5.41) is 6.10. The Morgan fingerprint density at radius 1 is 0.266 bits per heavy atom. The third kappa shape index (κ3) is 7.22. The molecule has 0 spiro atoms. The Balaban J connectivity index is 1.14. The molecule has 0 radical (unpaired) electrons. The van der Waals surface area contributed by atoms with Crippen molar-refractivity contribution in [2.75, 3.05) is 4.90 Å². The number of rotatable bonds is 10. The normalized spacial score (nSPS) is 13.4. The SMILES string of the molecule is c1ccc(-c2ccc(-c3ccc(N(c4ccc(-c5ccccc5)cc4)c4c5c(c([Si](c6ccccc6)(c6ccccc6)c6ccccc6)c6c4CCCC6)CCCC5)cc3)cc2)cc1. The molecule has 2 aliphatic rings. The van der Waals surface area contributed by atoms with E-state index in [2.05, 4.69) is 229 Å². The van der Waals surface area contributed by atoms with Crippen LogP contribution < -0.4 is 25.6 Å². The van der Waals surface area contributed by atoms with Crippen LogP contribution in [0.3, 0.4) is 0 Å². The van der Waals surface area contributed by atoms with Gasteiger partial charge in [-0.2, -0.15) is 0 Å². The molecule has 0 atom stereocenters. The van der Waals surface area contributed by atoms with E-state index in [0.717, 1.165) is 25.7 Å². The summed E-state index contributed by atoms with van der Waals surface area (Å²) in [5.41, 5.74) is 17.6. The molecule has 9 aromatic carbocycles. The van der Waals surface area contributed by atoms with Crippen LogP contribution in [0, 0.1) is 0 Å². The Kier molecular flexibility index (Phi) is 11.0. The molecule has 0 N–H and O–H groups in total. The molecule has 0 unspecified atom stereocenters. The van der Waals surface area contributed by atoms with Crippen molar-refractivity contribution in [2.24, 2.45) is 0 Å². The summed E-state index contributed by atoms with van der Waals surface area (Å²) in [4.78, 5) is 2.66. The minimum Gasteiger partial charge on any atom is -0.310 e. The zero-order valence-electron chi connectivity index (χ0n) is 36.5. The Hall–Kier alpha value is -7.00. The Bertz CT molecular complexity index is 2850.